The fraction of sp³-hybridized carbons (Fsp3) is 0.0714. The minimum absolute atomic E-state index is 0.111. The zero-order chi connectivity index (χ0) is 13.3. The third-order valence-electron chi connectivity index (χ3n) is 2.61. The number of hydrogen-bond donors (Lipinski definition) is 0. The molecule has 2 rings (SSSR count). The van der Waals surface area contributed by atoms with Crippen LogP contribution in [0.1, 0.15) is 21.5 Å². The molecule has 0 spiro atoms. The minimum atomic E-state index is -0.580. The highest BCUT2D eigenvalue weighted by Crippen LogP contribution is 2.20. The number of carbonyl (C=O) groups is 1. The zero-order valence-electron chi connectivity index (χ0n) is 9.51. The summed E-state index contributed by atoms with van der Waals surface area (Å²) in [5, 5.41) is -0.111. The topological polar surface area (TPSA) is 17.1 Å². The van der Waals surface area contributed by atoms with Gasteiger partial charge < -0.3 is 0 Å². The van der Waals surface area contributed by atoms with Crippen LogP contribution in [0.4, 0.5) is 8.78 Å². The Morgan fingerprint density at radius 2 is 1.83 bits per heavy atom. The summed E-state index contributed by atoms with van der Waals surface area (Å²) in [4.78, 5) is 12.1. The smallest absolute Gasteiger partial charge is 0.193 e. The lowest BCUT2D eigenvalue weighted by molar-refractivity contribution is 0.103. The number of carbonyl (C=O) groups excluding carboxylic acids is 1. The van der Waals surface area contributed by atoms with E-state index in [1.165, 1.54) is 30.3 Å². The summed E-state index contributed by atoms with van der Waals surface area (Å²) >= 11 is 5.62. The Bertz CT molecular complexity index is 623. The van der Waals surface area contributed by atoms with E-state index >= 15 is 0 Å². The summed E-state index contributed by atoms with van der Waals surface area (Å²) in [6, 6.07) is 7.65. The molecule has 0 radical (unpaired) electrons. The fourth-order valence-electron chi connectivity index (χ4n) is 1.67. The number of benzene rings is 2. The zero-order valence-corrected chi connectivity index (χ0v) is 10.3. The Labute approximate surface area is 108 Å². The lowest BCUT2D eigenvalue weighted by Crippen LogP contribution is -2.04. The largest absolute Gasteiger partial charge is 0.289 e. The Morgan fingerprint density at radius 3 is 2.44 bits per heavy atom. The standard InChI is InChI=1S/C14H9ClF2O/c1-8-6-10(16)3-4-11(8)14(18)9-2-5-13(17)12(15)7-9/h2-7H,1H3. The van der Waals surface area contributed by atoms with Gasteiger partial charge in [0.15, 0.2) is 5.78 Å². The predicted molar refractivity (Wildman–Crippen MR) is 66.0 cm³/mol. The fourth-order valence-corrected chi connectivity index (χ4v) is 1.86. The Kier molecular flexibility index (Phi) is 3.43. The average Bonchev–Trinajstić information content (AvgIpc) is 2.32. The molecule has 0 aliphatic heterocycles. The SMILES string of the molecule is Cc1cc(F)ccc1C(=O)c1ccc(F)c(Cl)c1. The van der Waals surface area contributed by atoms with Crippen LogP contribution in [0.25, 0.3) is 0 Å². The normalized spacial score (nSPS) is 10.4. The van der Waals surface area contributed by atoms with E-state index < -0.39 is 11.6 Å². The summed E-state index contributed by atoms with van der Waals surface area (Å²) < 4.78 is 26.0. The highest BCUT2D eigenvalue weighted by Gasteiger charge is 2.13. The molecule has 0 fully saturated rings. The molecule has 92 valence electrons. The van der Waals surface area contributed by atoms with E-state index in [9.17, 15) is 13.6 Å². The molecule has 2 aromatic rings. The maximum Gasteiger partial charge on any atom is 0.193 e. The van der Waals surface area contributed by atoms with E-state index in [1.807, 2.05) is 0 Å². The second kappa shape index (κ2) is 4.86. The number of hydrogen-bond acceptors (Lipinski definition) is 1. The summed E-state index contributed by atoms with van der Waals surface area (Å²) in [6.45, 7) is 1.64. The summed E-state index contributed by atoms with van der Waals surface area (Å²) in [7, 11) is 0. The molecule has 0 saturated heterocycles. The number of halogens is 3. The first-order valence-electron chi connectivity index (χ1n) is 5.25. The molecule has 4 heteroatoms. The first-order chi connectivity index (χ1) is 8.49. The van der Waals surface area contributed by atoms with Gasteiger partial charge in [-0.3, -0.25) is 4.79 Å². The van der Waals surface area contributed by atoms with Crippen LogP contribution in [0.5, 0.6) is 0 Å². The van der Waals surface area contributed by atoms with Gasteiger partial charge in [0, 0.05) is 11.1 Å². The van der Waals surface area contributed by atoms with Crippen molar-refractivity contribution in [3.05, 3.63) is 69.7 Å². The van der Waals surface area contributed by atoms with Gasteiger partial charge in [0.2, 0.25) is 0 Å². The monoisotopic (exact) mass is 266 g/mol. The maximum atomic E-state index is 13.0. The van der Waals surface area contributed by atoms with Crippen LogP contribution >= 0.6 is 11.6 Å². The van der Waals surface area contributed by atoms with Crippen LogP contribution in [0.3, 0.4) is 0 Å². The quantitative estimate of drug-likeness (QED) is 0.746. The van der Waals surface area contributed by atoms with Crippen molar-refractivity contribution >= 4 is 17.4 Å². The lowest BCUT2D eigenvalue weighted by atomic mass is 9.99. The van der Waals surface area contributed by atoms with Gasteiger partial charge in [-0.05, 0) is 48.9 Å². The molecule has 0 unspecified atom stereocenters. The van der Waals surface area contributed by atoms with E-state index in [0.717, 1.165) is 6.07 Å². The molecule has 0 aliphatic carbocycles. The molecule has 0 bridgehead atoms. The van der Waals surface area contributed by atoms with Crippen LogP contribution < -0.4 is 0 Å². The number of ketones is 1. The van der Waals surface area contributed by atoms with Gasteiger partial charge in [-0.15, -0.1) is 0 Å². The predicted octanol–water partition coefficient (Wildman–Crippen LogP) is 4.16. The van der Waals surface area contributed by atoms with E-state index in [4.69, 9.17) is 11.6 Å². The molecule has 0 N–H and O–H groups in total. The third-order valence-corrected chi connectivity index (χ3v) is 2.90. The van der Waals surface area contributed by atoms with Crippen LogP contribution in [0.2, 0.25) is 5.02 Å². The van der Waals surface area contributed by atoms with Crippen molar-refractivity contribution < 1.29 is 13.6 Å². The van der Waals surface area contributed by atoms with Gasteiger partial charge in [-0.1, -0.05) is 11.6 Å². The third kappa shape index (κ3) is 2.41. The van der Waals surface area contributed by atoms with Gasteiger partial charge in [0.25, 0.3) is 0 Å². The van der Waals surface area contributed by atoms with Crippen molar-refractivity contribution in [2.75, 3.05) is 0 Å². The molecule has 0 atom stereocenters. The molecule has 0 heterocycles. The molecule has 2 aromatic carbocycles. The minimum Gasteiger partial charge on any atom is -0.289 e. The van der Waals surface area contributed by atoms with Gasteiger partial charge in [-0.2, -0.15) is 0 Å². The molecular formula is C14H9ClF2O. The summed E-state index contributed by atoms with van der Waals surface area (Å²) in [6.07, 6.45) is 0. The van der Waals surface area contributed by atoms with E-state index in [-0.39, 0.29) is 16.4 Å². The first-order valence-corrected chi connectivity index (χ1v) is 5.63. The highest BCUT2D eigenvalue weighted by molar-refractivity contribution is 6.31. The maximum absolute atomic E-state index is 13.0. The van der Waals surface area contributed by atoms with Crippen LogP contribution in [0.15, 0.2) is 36.4 Å². The van der Waals surface area contributed by atoms with Crippen molar-refractivity contribution in [1.82, 2.24) is 0 Å². The van der Waals surface area contributed by atoms with Gasteiger partial charge in [0.05, 0.1) is 5.02 Å². The van der Waals surface area contributed by atoms with Crippen molar-refractivity contribution in [1.29, 1.82) is 0 Å². The van der Waals surface area contributed by atoms with Gasteiger partial charge in [0.1, 0.15) is 11.6 Å². The summed E-state index contributed by atoms with van der Waals surface area (Å²) in [5.74, 6) is -1.29. The summed E-state index contributed by atoms with van der Waals surface area (Å²) in [5.41, 5.74) is 1.18. The number of aryl methyl sites for hydroxylation is 1. The van der Waals surface area contributed by atoms with Crippen molar-refractivity contribution in [2.45, 2.75) is 6.92 Å². The molecule has 1 nitrogen and oxygen atoms in total. The Balaban J connectivity index is 2.44. The van der Waals surface area contributed by atoms with Crippen molar-refractivity contribution in [3.8, 4) is 0 Å². The van der Waals surface area contributed by atoms with Crippen LogP contribution in [0, 0.1) is 18.6 Å². The second-order valence-corrected chi connectivity index (χ2v) is 4.32. The molecule has 0 aliphatic rings. The molecular weight excluding hydrogens is 258 g/mol. The number of rotatable bonds is 2. The van der Waals surface area contributed by atoms with Crippen molar-refractivity contribution in [2.24, 2.45) is 0 Å². The Hall–Kier alpha value is -1.74. The van der Waals surface area contributed by atoms with E-state index in [1.54, 1.807) is 6.92 Å². The van der Waals surface area contributed by atoms with E-state index in [2.05, 4.69) is 0 Å². The molecule has 18 heavy (non-hydrogen) atoms. The molecule has 0 aromatic heterocycles. The van der Waals surface area contributed by atoms with Crippen LogP contribution in [-0.2, 0) is 0 Å². The Morgan fingerprint density at radius 1 is 1.11 bits per heavy atom. The first kappa shape index (κ1) is 12.7. The molecule has 0 amide bonds. The van der Waals surface area contributed by atoms with Crippen molar-refractivity contribution in [3.63, 3.8) is 0 Å². The lowest BCUT2D eigenvalue weighted by Gasteiger charge is -2.06. The second-order valence-electron chi connectivity index (χ2n) is 3.92. The van der Waals surface area contributed by atoms with Gasteiger partial charge >= 0.3 is 0 Å². The van der Waals surface area contributed by atoms with Gasteiger partial charge in [-0.25, -0.2) is 8.78 Å². The average molecular weight is 267 g/mol. The molecule has 0 saturated carbocycles. The van der Waals surface area contributed by atoms with E-state index in [0.29, 0.717) is 11.1 Å². The van der Waals surface area contributed by atoms with Crippen LogP contribution in [-0.4, -0.2) is 5.78 Å². The highest BCUT2D eigenvalue weighted by atomic mass is 35.5.